The second-order valence-corrected chi connectivity index (χ2v) is 8.99. The molecule has 3 aliphatic rings. The van der Waals surface area contributed by atoms with Crippen LogP contribution in [-0.2, 0) is 0 Å². The molecule has 0 bridgehead atoms. The van der Waals surface area contributed by atoms with Crippen LogP contribution in [0, 0.1) is 29.6 Å². The highest BCUT2D eigenvalue weighted by Crippen LogP contribution is 2.45. The van der Waals surface area contributed by atoms with Crippen molar-refractivity contribution >= 4 is 0 Å². The predicted molar refractivity (Wildman–Crippen MR) is 106 cm³/mol. The Hall–Kier alpha value is -0.520. The standard InChI is InChI=1S/C24H40/c1-3-5-19-7-11-21(12-8-19)23-15-17-24(18-16-23)22-13-9-20(6-4-2)10-14-22/h5,7,11,20-24H,3-4,6,8-10,12-18H2,1-2H3/b19-5+. The van der Waals surface area contributed by atoms with Gasteiger partial charge in [-0.3, -0.25) is 0 Å². The summed E-state index contributed by atoms with van der Waals surface area (Å²) in [5.41, 5.74) is 1.59. The first-order valence-electron chi connectivity index (χ1n) is 11.2. The fraction of sp³-hybridized carbons (Fsp3) is 0.833. The molecule has 0 aromatic rings. The van der Waals surface area contributed by atoms with Gasteiger partial charge in [0.2, 0.25) is 0 Å². The van der Waals surface area contributed by atoms with Crippen LogP contribution in [0.3, 0.4) is 0 Å². The van der Waals surface area contributed by atoms with Crippen molar-refractivity contribution < 1.29 is 0 Å². The van der Waals surface area contributed by atoms with Gasteiger partial charge in [0.15, 0.2) is 0 Å². The Labute approximate surface area is 151 Å². The van der Waals surface area contributed by atoms with E-state index in [0.717, 1.165) is 29.6 Å². The first-order chi connectivity index (χ1) is 11.8. The Balaban J connectivity index is 1.42. The van der Waals surface area contributed by atoms with Gasteiger partial charge in [-0.1, -0.05) is 63.3 Å². The topological polar surface area (TPSA) is 0 Å². The maximum Gasteiger partial charge on any atom is -0.0199 e. The van der Waals surface area contributed by atoms with Gasteiger partial charge in [-0.05, 0) is 87.4 Å². The predicted octanol–water partition coefficient (Wildman–Crippen LogP) is 7.70. The van der Waals surface area contributed by atoms with E-state index in [-0.39, 0.29) is 0 Å². The summed E-state index contributed by atoms with van der Waals surface area (Å²) in [7, 11) is 0. The van der Waals surface area contributed by atoms with Crippen LogP contribution in [0.4, 0.5) is 0 Å². The first-order valence-corrected chi connectivity index (χ1v) is 11.2. The molecule has 3 aliphatic carbocycles. The van der Waals surface area contributed by atoms with E-state index < -0.39 is 0 Å². The van der Waals surface area contributed by atoms with Crippen LogP contribution in [0.1, 0.15) is 97.3 Å². The summed E-state index contributed by atoms with van der Waals surface area (Å²) in [6.45, 7) is 4.61. The zero-order valence-corrected chi connectivity index (χ0v) is 16.3. The van der Waals surface area contributed by atoms with Crippen molar-refractivity contribution in [1.82, 2.24) is 0 Å². The molecule has 0 radical (unpaired) electrons. The fourth-order valence-corrected chi connectivity index (χ4v) is 5.99. The van der Waals surface area contributed by atoms with Crippen LogP contribution in [0.5, 0.6) is 0 Å². The largest absolute Gasteiger partial charge is 0.0816 e. The van der Waals surface area contributed by atoms with Crippen molar-refractivity contribution in [2.75, 3.05) is 0 Å². The molecule has 2 saturated carbocycles. The molecule has 3 rings (SSSR count). The zero-order valence-electron chi connectivity index (χ0n) is 16.3. The number of hydrogen-bond acceptors (Lipinski definition) is 0. The summed E-state index contributed by atoms with van der Waals surface area (Å²) < 4.78 is 0. The van der Waals surface area contributed by atoms with Crippen molar-refractivity contribution in [2.24, 2.45) is 29.6 Å². The Morgan fingerprint density at radius 1 is 0.833 bits per heavy atom. The second-order valence-electron chi connectivity index (χ2n) is 8.99. The van der Waals surface area contributed by atoms with E-state index in [2.05, 4.69) is 32.1 Å². The van der Waals surface area contributed by atoms with Gasteiger partial charge in [0.1, 0.15) is 0 Å². The van der Waals surface area contributed by atoms with Gasteiger partial charge in [-0.25, -0.2) is 0 Å². The van der Waals surface area contributed by atoms with Gasteiger partial charge in [-0.15, -0.1) is 0 Å². The van der Waals surface area contributed by atoms with Gasteiger partial charge in [0, 0.05) is 0 Å². The lowest BCUT2D eigenvalue weighted by Gasteiger charge is -2.40. The summed E-state index contributed by atoms with van der Waals surface area (Å²) >= 11 is 0. The quantitative estimate of drug-likeness (QED) is 0.485. The molecule has 0 heterocycles. The van der Waals surface area contributed by atoms with E-state index in [1.165, 1.54) is 70.6 Å². The van der Waals surface area contributed by atoms with Crippen molar-refractivity contribution in [3.8, 4) is 0 Å². The van der Waals surface area contributed by atoms with Gasteiger partial charge in [0.05, 0.1) is 0 Å². The van der Waals surface area contributed by atoms with E-state index in [4.69, 9.17) is 0 Å². The monoisotopic (exact) mass is 328 g/mol. The van der Waals surface area contributed by atoms with Crippen LogP contribution in [0.25, 0.3) is 0 Å². The van der Waals surface area contributed by atoms with Gasteiger partial charge >= 0.3 is 0 Å². The summed E-state index contributed by atoms with van der Waals surface area (Å²) in [6.07, 6.45) is 26.5. The normalized spacial score (nSPS) is 39.2. The maximum atomic E-state index is 2.56. The Bertz CT molecular complexity index is 413. The first kappa shape index (κ1) is 18.3. The molecule has 0 nitrogen and oxygen atoms in total. The molecule has 24 heavy (non-hydrogen) atoms. The molecule has 0 aromatic heterocycles. The molecule has 0 amide bonds. The average Bonchev–Trinajstić information content (AvgIpc) is 2.64. The van der Waals surface area contributed by atoms with Crippen LogP contribution in [0.2, 0.25) is 0 Å². The summed E-state index contributed by atoms with van der Waals surface area (Å²) in [4.78, 5) is 0. The van der Waals surface area contributed by atoms with E-state index in [1.807, 2.05) is 0 Å². The van der Waals surface area contributed by atoms with Crippen molar-refractivity contribution in [3.05, 3.63) is 23.8 Å². The molecular formula is C24H40. The van der Waals surface area contributed by atoms with Gasteiger partial charge in [-0.2, -0.15) is 0 Å². The minimum atomic E-state index is 0.889. The van der Waals surface area contributed by atoms with Gasteiger partial charge in [0.25, 0.3) is 0 Å². The summed E-state index contributed by atoms with van der Waals surface area (Å²) in [6, 6.07) is 0. The van der Waals surface area contributed by atoms with Crippen LogP contribution in [-0.4, -0.2) is 0 Å². The van der Waals surface area contributed by atoms with Crippen LogP contribution >= 0.6 is 0 Å². The molecule has 0 saturated heterocycles. The molecule has 1 atom stereocenters. The number of hydrogen-bond donors (Lipinski definition) is 0. The molecule has 1 unspecified atom stereocenters. The molecular weight excluding hydrogens is 288 g/mol. The highest BCUT2D eigenvalue weighted by molar-refractivity contribution is 5.23. The third-order valence-corrected chi connectivity index (χ3v) is 7.47. The smallest absolute Gasteiger partial charge is 0.0199 e. The summed E-state index contributed by atoms with van der Waals surface area (Å²) in [5, 5.41) is 0. The van der Waals surface area contributed by atoms with Crippen LogP contribution in [0.15, 0.2) is 23.8 Å². The van der Waals surface area contributed by atoms with Crippen molar-refractivity contribution in [3.63, 3.8) is 0 Å². The fourth-order valence-electron chi connectivity index (χ4n) is 5.99. The van der Waals surface area contributed by atoms with Crippen molar-refractivity contribution in [2.45, 2.75) is 97.3 Å². The third-order valence-electron chi connectivity index (χ3n) is 7.47. The lowest BCUT2D eigenvalue weighted by atomic mass is 9.66. The molecule has 0 spiro atoms. The Morgan fingerprint density at radius 3 is 2.00 bits per heavy atom. The van der Waals surface area contributed by atoms with Crippen LogP contribution < -0.4 is 0 Å². The number of allylic oxidation sites excluding steroid dienone is 4. The van der Waals surface area contributed by atoms with Gasteiger partial charge < -0.3 is 0 Å². The molecule has 0 heteroatoms. The second kappa shape index (κ2) is 9.25. The van der Waals surface area contributed by atoms with E-state index in [9.17, 15) is 0 Å². The zero-order chi connectivity index (χ0) is 16.8. The summed E-state index contributed by atoms with van der Waals surface area (Å²) in [5.74, 6) is 5.12. The molecule has 0 N–H and O–H groups in total. The lowest BCUT2D eigenvalue weighted by Crippen LogP contribution is -2.28. The lowest BCUT2D eigenvalue weighted by molar-refractivity contribution is 0.129. The minimum Gasteiger partial charge on any atom is -0.0816 e. The van der Waals surface area contributed by atoms with Crippen molar-refractivity contribution in [1.29, 1.82) is 0 Å². The third kappa shape index (κ3) is 4.77. The minimum absolute atomic E-state index is 0.889. The van der Waals surface area contributed by atoms with E-state index >= 15 is 0 Å². The maximum absolute atomic E-state index is 2.56. The number of rotatable bonds is 5. The average molecular weight is 329 g/mol. The molecule has 0 aromatic carbocycles. The molecule has 2 fully saturated rings. The molecule has 0 aliphatic heterocycles. The van der Waals surface area contributed by atoms with E-state index in [1.54, 1.807) is 18.4 Å². The highest BCUT2D eigenvalue weighted by atomic mass is 14.4. The molecule has 136 valence electrons. The van der Waals surface area contributed by atoms with E-state index in [0.29, 0.717) is 0 Å². The Morgan fingerprint density at radius 2 is 1.46 bits per heavy atom. The Kier molecular flexibility index (Phi) is 7.05. The SMILES string of the molecule is CC/C=C1\C=CC(C2CCC(C3CCC(CCC)CC3)CC2)CC1. The highest BCUT2D eigenvalue weighted by Gasteiger charge is 2.32.